The molecule has 0 fully saturated rings. The van der Waals surface area contributed by atoms with E-state index in [1.165, 1.54) is 54.2 Å². The molecule has 0 aliphatic heterocycles. The van der Waals surface area contributed by atoms with Crippen molar-refractivity contribution in [2.75, 3.05) is 11.1 Å². The molecule has 140 valence electrons. The predicted molar refractivity (Wildman–Crippen MR) is 103 cm³/mol. The molecule has 9 nitrogen and oxygen atoms in total. The Labute approximate surface area is 156 Å². The number of rotatable bonds is 3. The summed E-state index contributed by atoms with van der Waals surface area (Å²) in [4.78, 5) is 31.6. The predicted octanol–water partition coefficient (Wildman–Crippen LogP) is 2.85. The van der Waals surface area contributed by atoms with Gasteiger partial charge in [-0.25, -0.2) is 14.4 Å². The van der Waals surface area contributed by atoms with Crippen LogP contribution >= 0.6 is 0 Å². The standard InChI is InChI=1S/C18H13FN6O3/c1-24-15-8-21-18(22-14-6-9(20)2-5-13(14)19)23-16(15)11-4-3-10(25(27)28)7-12(11)17(24)26/h2-8H,20H2,1H3,(H,21,22,23). The zero-order chi connectivity index (χ0) is 20.0. The Balaban J connectivity index is 1.94. The molecule has 2 aromatic carbocycles. The van der Waals surface area contributed by atoms with Gasteiger partial charge >= 0.3 is 0 Å². The maximum absolute atomic E-state index is 14.0. The minimum Gasteiger partial charge on any atom is -0.399 e. The number of nitrogens with zero attached hydrogens (tertiary/aromatic N) is 4. The highest BCUT2D eigenvalue weighted by Gasteiger charge is 2.15. The summed E-state index contributed by atoms with van der Waals surface area (Å²) in [6.45, 7) is 0. The first-order valence-corrected chi connectivity index (χ1v) is 8.11. The molecule has 0 saturated carbocycles. The van der Waals surface area contributed by atoms with Gasteiger partial charge in [-0.05, 0) is 24.3 Å². The van der Waals surface area contributed by atoms with Crippen molar-refractivity contribution in [1.82, 2.24) is 14.5 Å². The molecule has 0 radical (unpaired) electrons. The number of fused-ring (bicyclic) bond motifs is 3. The van der Waals surface area contributed by atoms with Crippen LogP contribution in [0.2, 0.25) is 0 Å². The molecule has 0 unspecified atom stereocenters. The number of nitro groups is 1. The lowest BCUT2D eigenvalue weighted by Crippen LogP contribution is -2.18. The third-order valence-corrected chi connectivity index (χ3v) is 4.37. The second kappa shape index (κ2) is 6.27. The van der Waals surface area contributed by atoms with Crippen LogP contribution in [0.4, 0.5) is 27.4 Å². The maximum atomic E-state index is 14.0. The number of halogens is 1. The fourth-order valence-corrected chi connectivity index (χ4v) is 2.96. The van der Waals surface area contributed by atoms with E-state index in [1.807, 2.05) is 0 Å². The average Bonchev–Trinajstić information content (AvgIpc) is 2.68. The van der Waals surface area contributed by atoms with Crippen molar-refractivity contribution in [1.29, 1.82) is 0 Å². The zero-order valence-corrected chi connectivity index (χ0v) is 14.5. The fraction of sp³-hybridized carbons (Fsp3) is 0.0556. The number of hydrogen-bond acceptors (Lipinski definition) is 7. The summed E-state index contributed by atoms with van der Waals surface area (Å²) < 4.78 is 15.3. The van der Waals surface area contributed by atoms with E-state index >= 15 is 0 Å². The molecule has 3 N–H and O–H groups in total. The fourth-order valence-electron chi connectivity index (χ4n) is 2.96. The summed E-state index contributed by atoms with van der Waals surface area (Å²) in [5.41, 5.74) is 6.38. The highest BCUT2D eigenvalue weighted by Crippen LogP contribution is 2.26. The summed E-state index contributed by atoms with van der Waals surface area (Å²) in [7, 11) is 1.52. The van der Waals surface area contributed by atoms with E-state index in [0.717, 1.165) is 0 Å². The van der Waals surface area contributed by atoms with Crippen LogP contribution in [0, 0.1) is 15.9 Å². The SMILES string of the molecule is Cn1c(=O)c2cc([N+](=O)[O-])ccc2c2nc(Nc3cc(N)ccc3F)ncc21. The van der Waals surface area contributed by atoms with Crippen LogP contribution in [-0.4, -0.2) is 19.5 Å². The number of nitrogens with two attached hydrogens (primary N) is 1. The van der Waals surface area contributed by atoms with Crippen molar-refractivity contribution in [3.63, 3.8) is 0 Å². The number of aromatic nitrogens is 3. The minimum absolute atomic E-state index is 0.0929. The molecular weight excluding hydrogens is 367 g/mol. The Bertz CT molecular complexity index is 1330. The van der Waals surface area contributed by atoms with Crippen LogP contribution in [-0.2, 0) is 7.05 Å². The molecule has 4 aromatic rings. The normalized spacial score (nSPS) is 11.1. The van der Waals surface area contributed by atoms with Gasteiger partial charge in [0.2, 0.25) is 5.95 Å². The number of nitrogens with one attached hydrogen (secondary N) is 1. The summed E-state index contributed by atoms with van der Waals surface area (Å²) in [5.74, 6) is -0.436. The van der Waals surface area contributed by atoms with Crippen molar-refractivity contribution >= 4 is 44.8 Å². The van der Waals surface area contributed by atoms with Crippen LogP contribution in [0.3, 0.4) is 0 Å². The molecule has 28 heavy (non-hydrogen) atoms. The van der Waals surface area contributed by atoms with Gasteiger partial charge in [0, 0.05) is 30.3 Å². The number of non-ortho nitro benzene ring substituents is 1. The zero-order valence-electron chi connectivity index (χ0n) is 14.5. The van der Waals surface area contributed by atoms with Crippen LogP contribution < -0.4 is 16.6 Å². The molecule has 2 aromatic heterocycles. The number of nitrogen functional groups attached to an aromatic ring is 1. The Morgan fingerprint density at radius 3 is 2.75 bits per heavy atom. The molecular formula is C18H13FN6O3. The maximum Gasteiger partial charge on any atom is 0.270 e. The average molecular weight is 380 g/mol. The molecule has 0 aliphatic carbocycles. The number of pyridine rings is 1. The second-order valence-corrected chi connectivity index (χ2v) is 6.14. The van der Waals surface area contributed by atoms with Crippen LogP contribution in [0.5, 0.6) is 0 Å². The van der Waals surface area contributed by atoms with Gasteiger partial charge in [0.05, 0.1) is 27.7 Å². The number of benzene rings is 2. The topological polar surface area (TPSA) is 129 Å². The van der Waals surface area contributed by atoms with Crippen molar-refractivity contribution in [2.45, 2.75) is 0 Å². The Morgan fingerprint density at radius 1 is 1.21 bits per heavy atom. The van der Waals surface area contributed by atoms with Crippen LogP contribution in [0.25, 0.3) is 21.8 Å². The van der Waals surface area contributed by atoms with Crippen molar-refractivity contribution < 1.29 is 9.31 Å². The molecule has 4 rings (SSSR count). The number of hydrogen-bond donors (Lipinski definition) is 2. The first-order valence-electron chi connectivity index (χ1n) is 8.11. The highest BCUT2D eigenvalue weighted by atomic mass is 19.1. The Kier molecular flexibility index (Phi) is 3.88. The molecule has 2 heterocycles. The van der Waals surface area contributed by atoms with Crippen molar-refractivity contribution in [2.24, 2.45) is 7.05 Å². The van der Waals surface area contributed by atoms with Gasteiger partial charge in [0.15, 0.2) is 0 Å². The van der Waals surface area contributed by atoms with Crippen LogP contribution in [0.15, 0.2) is 47.4 Å². The van der Waals surface area contributed by atoms with Crippen molar-refractivity contribution in [3.05, 3.63) is 68.9 Å². The molecule has 0 amide bonds. The van der Waals surface area contributed by atoms with Gasteiger partial charge in [-0.15, -0.1) is 0 Å². The lowest BCUT2D eigenvalue weighted by Gasteiger charge is -2.11. The van der Waals surface area contributed by atoms with Crippen molar-refractivity contribution in [3.8, 4) is 0 Å². The summed E-state index contributed by atoms with van der Waals surface area (Å²) in [5, 5.41) is 14.4. The van der Waals surface area contributed by atoms with Gasteiger partial charge in [0.25, 0.3) is 11.2 Å². The first kappa shape index (κ1) is 17.3. The van der Waals surface area contributed by atoms with Gasteiger partial charge in [-0.1, -0.05) is 0 Å². The summed E-state index contributed by atoms with van der Waals surface area (Å²) in [6, 6.07) is 8.03. The number of nitro benzene ring substituents is 1. The molecule has 0 aliphatic rings. The van der Waals surface area contributed by atoms with E-state index in [4.69, 9.17) is 5.73 Å². The molecule has 0 bridgehead atoms. The molecule has 0 saturated heterocycles. The first-order chi connectivity index (χ1) is 13.3. The second-order valence-electron chi connectivity index (χ2n) is 6.14. The van der Waals surface area contributed by atoms with Gasteiger partial charge < -0.3 is 15.6 Å². The van der Waals surface area contributed by atoms with Gasteiger partial charge in [-0.3, -0.25) is 14.9 Å². The molecule has 0 spiro atoms. The van der Waals surface area contributed by atoms with E-state index in [-0.39, 0.29) is 22.7 Å². The van der Waals surface area contributed by atoms with Crippen LogP contribution in [0.1, 0.15) is 0 Å². The summed E-state index contributed by atoms with van der Waals surface area (Å²) in [6.07, 6.45) is 1.43. The monoisotopic (exact) mass is 380 g/mol. The lowest BCUT2D eigenvalue weighted by atomic mass is 10.1. The van der Waals surface area contributed by atoms with E-state index in [1.54, 1.807) is 0 Å². The minimum atomic E-state index is -0.571. The Hall–Kier alpha value is -4.08. The van der Waals surface area contributed by atoms with E-state index in [2.05, 4.69) is 15.3 Å². The highest BCUT2D eigenvalue weighted by molar-refractivity contribution is 6.04. The quantitative estimate of drug-likeness (QED) is 0.242. The molecule has 10 heteroatoms. The largest absolute Gasteiger partial charge is 0.399 e. The van der Waals surface area contributed by atoms with Gasteiger partial charge in [0.1, 0.15) is 11.3 Å². The summed E-state index contributed by atoms with van der Waals surface area (Å²) >= 11 is 0. The third kappa shape index (κ3) is 2.76. The van der Waals surface area contributed by atoms with E-state index in [9.17, 15) is 19.3 Å². The van der Waals surface area contributed by atoms with Gasteiger partial charge in [-0.2, -0.15) is 0 Å². The molecule has 0 atom stereocenters. The van der Waals surface area contributed by atoms with E-state index < -0.39 is 16.3 Å². The smallest absolute Gasteiger partial charge is 0.270 e. The third-order valence-electron chi connectivity index (χ3n) is 4.37. The Morgan fingerprint density at radius 2 is 2.00 bits per heavy atom. The number of aryl methyl sites for hydroxylation is 1. The lowest BCUT2D eigenvalue weighted by molar-refractivity contribution is -0.384. The van der Waals surface area contributed by atoms with E-state index in [0.29, 0.717) is 22.1 Å². The number of anilines is 3.